The number of unbranched alkanes of at least 4 members (excludes halogenated alkanes) is 24. The van der Waals surface area contributed by atoms with Crippen LogP contribution in [0.4, 0.5) is 0 Å². The van der Waals surface area contributed by atoms with Gasteiger partial charge in [-0.15, -0.1) is 0 Å². The number of carbonyl (C=O) groups is 1. The number of thiol groups is 1. The molecule has 0 rings (SSSR count). The van der Waals surface area contributed by atoms with E-state index in [-0.39, 0.29) is 5.92 Å². The van der Waals surface area contributed by atoms with E-state index in [9.17, 15) is 9.90 Å². The Kier molecular flexibility index (Phi) is 27.3. The Morgan fingerprint density at radius 2 is 0.811 bits per heavy atom. The first-order valence-corrected chi connectivity index (χ1v) is 17.4. The Bertz CT molecular complexity index is 480. The predicted molar refractivity (Wildman–Crippen MR) is 169 cm³/mol. The number of hydrogen-bond acceptors (Lipinski definition) is 2. The van der Waals surface area contributed by atoms with Gasteiger partial charge in [0.2, 0.25) is 0 Å². The third kappa shape index (κ3) is 21.3. The van der Waals surface area contributed by atoms with Crippen LogP contribution in [0.3, 0.4) is 0 Å². The monoisotopic (exact) mass is 540 g/mol. The lowest BCUT2D eigenvalue weighted by molar-refractivity contribution is -0.141. The highest BCUT2D eigenvalue weighted by atomic mass is 32.1. The number of hydrogen-bond donors (Lipinski definition) is 2. The van der Waals surface area contributed by atoms with Crippen molar-refractivity contribution in [3.8, 4) is 0 Å². The van der Waals surface area contributed by atoms with Gasteiger partial charge < -0.3 is 5.11 Å². The van der Waals surface area contributed by atoms with Crippen molar-refractivity contribution in [2.24, 2.45) is 5.92 Å². The molecule has 0 heterocycles. The van der Waals surface area contributed by atoms with Crippen molar-refractivity contribution in [3.63, 3.8) is 0 Å². The smallest absolute Gasteiger partial charge is 0.319 e. The maximum Gasteiger partial charge on any atom is 0.319 e. The number of aliphatic carboxylic acids is 1. The van der Waals surface area contributed by atoms with Gasteiger partial charge in [0.25, 0.3) is 0 Å². The second-order valence-electron chi connectivity index (χ2n) is 12.0. The van der Waals surface area contributed by atoms with Gasteiger partial charge >= 0.3 is 5.97 Å². The number of carboxylic acids is 1. The van der Waals surface area contributed by atoms with Crippen molar-refractivity contribution < 1.29 is 9.90 Å². The summed E-state index contributed by atoms with van der Waals surface area (Å²) in [5.41, 5.74) is 0. The largest absolute Gasteiger partial charge is 0.480 e. The van der Waals surface area contributed by atoms with E-state index in [1.54, 1.807) is 0 Å². The highest BCUT2D eigenvalue weighted by Gasteiger charge is 2.39. The highest BCUT2D eigenvalue weighted by Crippen LogP contribution is 2.35. The van der Waals surface area contributed by atoms with Crippen LogP contribution in [-0.2, 0) is 4.79 Å². The van der Waals surface area contributed by atoms with Crippen LogP contribution in [0.2, 0.25) is 0 Å². The van der Waals surface area contributed by atoms with E-state index in [1.807, 2.05) is 6.92 Å². The Morgan fingerprint density at radius 3 is 1.03 bits per heavy atom. The molecule has 222 valence electrons. The zero-order valence-electron chi connectivity index (χ0n) is 25.7. The molecule has 2 atom stereocenters. The predicted octanol–water partition coefficient (Wildman–Crippen LogP) is 12.3. The summed E-state index contributed by atoms with van der Waals surface area (Å²) < 4.78 is -0.846. The van der Waals surface area contributed by atoms with E-state index in [1.165, 1.54) is 154 Å². The lowest BCUT2D eigenvalue weighted by atomic mass is 9.83. The van der Waals surface area contributed by atoms with Crippen molar-refractivity contribution in [3.05, 3.63) is 0 Å². The van der Waals surface area contributed by atoms with Gasteiger partial charge in [-0.3, -0.25) is 4.79 Å². The molecule has 0 aliphatic heterocycles. The maximum absolute atomic E-state index is 11.6. The Labute approximate surface area is 239 Å². The van der Waals surface area contributed by atoms with E-state index >= 15 is 0 Å². The minimum absolute atomic E-state index is 0.183. The Balaban J connectivity index is 3.29. The van der Waals surface area contributed by atoms with Crippen molar-refractivity contribution in [1.29, 1.82) is 0 Å². The third-order valence-electron chi connectivity index (χ3n) is 8.73. The lowest BCUT2D eigenvalue weighted by Gasteiger charge is -2.31. The summed E-state index contributed by atoms with van der Waals surface area (Å²) in [5.74, 6) is -0.562. The summed E-state index contributed by atoms with van der Waals surface area (Å²) in [6, 6.07) is 0. The van der Waals surface area contributed by atoms with Crippen molar-refractivity contribution >= 4 is 18.6 Å². The molecule has 0 saturated carbocycles. The summed E-state index contributed by atoms with van der Waals surface area (Å²) in [7, 11) is 0. The van der Waals surface area contributed by atoms with Gasteiger partial charge in [0.1, 0.15) is 4.75 Å². The summed E-state index contributed by atoms with van der Waals surface area (Å²) in [4.78, 5) is 11.6. The zero-order valence-corrected chi connectivity index (χ0v) is 26.6. The first-order chi connectivity index (χ1) is 18.0. The topological polar surface area (TPSA) is 37.3 Å². The molecule has 0 fully saturated rings. The molecule has 0 spiro atoms. The molecule has 0 bridgehead atoms. The van der Waals surface area contributed by atoms with Crippen LogP contribution in [0.15, 0.2) is 0 Å². The van der Waals surface area contributed by atoms with Crippen LogP contribution < -0.4 is 0 Å². The second kappa shape index (κ2) is 27.4. The summed E-state index contributed by atoms with van der Waals surface area (Å²) in [6.45, 7) is 6.35. The van der Waals surface area contributed by atoms with Crippen molar-refractivity contribution in [2.45, 2.75) is 205 Å². The SMILES string of the molecule is CCCCCCCCCCCCCCCCCCCCCCCCCCCC(CC)C(S)(CC)C(=O)O. The Morgan fingerprint density at radius 1 is 0.541 bits per heavy atom. The van der Waals surface area contributed by atoms with E-state index in [0.717, 1.165) is 19.3 Å². The molecular weight excluding hydrogens is 472 g/mol. The average molecular weight is 541 g/mol. The van der Waals surface area contributed by atoms with Crippen LogP contribution in [0.5, 0.6) is 0 Å². The molecule has 0 amide bonds. The van der Waals surface area contributed by atoms with E-state index < -0.39 is 10.7 Å². The van der Waals surface area contributed by atoms with Gasteiger partial charge in [-0.05, 0) is 18.8 Å². The van der Waals surface area contributed by atoms with Crippen LogP contribution in [-0.4, -0.2) is 15.8 Å². The Hall–Kier alpha value is -0.180. The fraction of sp³-hybridized carbons (Fsp3) is 0.971. The highest BCUT2D eigenvalue weighted by molar-refractivity contribution is 7.82. The molecular formula is C34H68O2S. The molecule has 37 heavy (non-hydrogen) atoms. The normalized spacial score (nSPS) is 14.1. The van der Waals surface area contributed by atoms with Gasteiger partial charge in [0, 0.05) is 0 Å². The van der Waals surface area contributed by atoms with Gasteiger partial charge in [0.15, 0.2) is 0 Å². The van der Waals surface area contributed by atoms with Crippen LogP contribution in [0.25, 0.3) is 0 Å². The molecule has 0 aromatic heterocycles. The lowest BCUT2D eigenvalue weighted by Crippen LogP contribution is -2.39. The number of rotatable bonds is 30. The fourth-order valence-corrected chi connectivity index (χ4v) is 6.24. The summed E-state index contributed by atoms with van der Waals surface area (Å²) >= 11 is 4.54. The molecule has 0 aromatic carbocycles. The average Bonchev–Trinajstić information content (AvgIpc) is 2.90. The molecule has 0 aliphatic rings. The molecule has 0 saturated heterocycles. The standard InChI is InChI=1S/C34H68O2S/c1-4-7-8-9-10-11-12-13-14-15-16-17-18-19-20-21-22-23-24-25-26-27-28-29-30-31-32(5-2)34(37,6-3)33(35)36/h32,37H,4-31H2,1-3H3,(H,35,36). The van der Waals surface area contributed by atoms with Gasteiger partial charge in [-0.25, -0.2) is 0 Å². The first kappa shape index (κ1) is 36.8. The maximum atomic E-state index is 11.6. The van der Waals surface area contributed by atoms with Gasteiger partial charge in [-0.2, -0.15) is 12.6 Å². The summed E-state index contributed by atoms with van der Waals surface area (Å²) in [6.07, 6.45) is 37.8. The van der Waals surface area contributed by atoms with Crippen LogP contribution >= 0.6 is 12.6 Å². The quantitative estimate of drug-likeness (QED) is 0.0702. The number of carboxylic acid groups (broad SMARTS) is 1. The fourth-order valence-electron chi connectivity index (χ4n) is 5.92. The van der Waals surface area contributed by atoms with E-state index in [2.05, 4.69) is 26.5 Å². The second-order valence-corrected chi connectivity index (χ2v) is 12.8. The first-order valence-electron chi connectivity index (χ1n) is 17.0. The van der Waals surface area contributed by atoms with E-state index in [0.29, 0.717) is 6.42 Å². The van der Waals surface area contributed by atoms with Crippen molar-refractivity contribution in [1.82, 2.24) is 0 Å². The minimum Gasteiger partial charge on any atom is -0.480 e. The molecule has 2 unspecified atom stereocenters. The molecule has 0 radical (unpaired) electrons. The van der Waals surface area contributed by atoms with Crippen LogP contribution in [0, 0.1) is 5.92 Å². The van der Waals surface area contributed by atoms with E-state index in [4.69, 9.17) is 0 Å². The molecule has 2 nitrogen and oxygen atoms in total. The van der Waals surface area contributed by atoms with Crippen LogP contribution in [0.1, 0.15) is 201 Å². The van der Waals surface area contributed by atoms with Gasteiger partial charge in [0.05, 0.1) is 0 Å². The summed E-state index contributed by atoms with van der Waals surface area (Å²) in [5, 5.41) is 9.55. The minimum atomic E-state index is -0.846. The molecule has 0 aliphatic carbocycles. The molecule has 3 heteroatoms. The molecule has 0 aromatic rings. The van der Waals surface area contributed by atoms with Gasteiger partial charge in [-0.1, -0.05) is 188 Å². The molecule has 1 N–H and O–H groups in total. The van der Waals surface area contributed by atoms with Crippen molar-refractivity contribution in [2.75, 3.05) is 0 Å². The third-order valence-corrected chi connectivity index (χ3v) is 9.61. The zero-order chi connectivity index (χ0) is 27.5.